The second-order valence-electron chi connectivity index (χ2n) is 4.34. The molecule has 0 fully saturated rings. The van der Waals surface area contributed by atoms with Crippen LogP contribution in [0.15, 0.2) is 36.4 Å². The fourth-order valence-electron chi connectivity index (χ4n) is 1.63. The standard InChI is InChI=1S/C16H16N2O2/c1-3-10-19-14-6-8-15(9-7-14)20-16-13(11-17)5-4-12(2)18-16/h4-9H,3,10H2,1-2H3. The van der Waals surface area contributed by atoms with Gasteiger partial charge in [-0.2, -0.15) is 5.26 Å². The summed E-state index contributed by atoms with van der Waals surface area (Å²) in [6.45, 7) is 4.61. The zero-order chi connectivity index (χ0) is 14.4. The number of pyridine rings is 1. The Bertz CT molecular complexity index is 615. The summed E-state index contributed by atoms with van der Waals surface area (Å²) in [6.07, 6.45) is 0.969. The minimum absolute atomic E-state index is 0.328. The van der Waals surface area contributed by atoms with Crippen LogP contribution >= 0.6 is 0 Å². The second kappa shape index (κ2) is 6.58. The molecule has 1 aromatic heterocycles. The molecule has 0 radical (unpaired) electrons. The molecule has 0 amide bonds. The van der Waals surface area contributed by atoms with Gasteiger partial charge in [-0.05, 0) is 49.7 Å². The topological polar surface area (TPSA) is 55.1 Å². The molecule has 0 saturated heterocycles. The van der Waals surface area contributed by atoms with Crippen molar-refractivity contribution in [3.05, 3.63) is 47.7 Å². The van der Waals surface area contributed by atoms with E-state index in [4.69, 9.17) is 14.7 Å². The normalized spacial score (nSPS) is 9.85. The number of rotatable bonds is 5. The van der Waals surface area contributed by atoms with Crippen molar-refractivity contribution in [2.45, 2.75) is 20.3 Å². The largest absolute Gasteiger partial charge is 0.494 e. The van der Waals surface area contributed by atoms with E-state index in [0.29, 0.717) is 23.8 Å². The maximum Gasteiger partial charge on any atom is 0.237 e. The number of ether oxygens (including phenoxy) is 2. The van der Waals surface area contributed by atoms with Crippen molar-refractivity contribution in [1.29, 1.82) is 5.26 Å². The summed E-state index contributed by atoms with van der Waals surface area (Å²) in [6, 6.07) is 12.8. The Morgan fingerprint density at radius 3 is 2.45 bits per heavy atom. The zero-order valence-electron chi connectivity index (χ0n) is 11.6. The highest BCUT2D eigenvalue weighted by molar-refractivity contribution is 5.42. The highest BCUT2D eigenvalue weighted by atomic mass is 16.5. The van der Waals surface area contributed by atoms with Crippen molar-refractivity contribution >= 4 is 0 Å². The van der Waals surface area contributed by atoms with E-state index < -0.39 is 0 Å². The van der Waals surface area contributed by atoms with E-state index in [-0.39, 0.29) is 0 Å². The van der Waals surface area contributed by atoms with Gasteiger partial charge in [0.05, 0.1) is 6.61 Å². The molecule has 0 unspecified atom stereocenters. The number of hydrogen-bond acceptors (Lipinski definition) is 4. The first kappa shape index (κ1) is 13.9. The molecule has 1 heterocycles. The lowest BCUT2D eigenvalue weighted by molar-refractivity contribution is 0.317. The number of nitrogens with zero attached hydrogens (tertiary/aromatic N) is 2. The van der Waals surface area contributed by atoms with E-state index in [1.165, 1.54) is 0 Å². The molecule has 20 heavy (non-hydrogen) atoms. The van der Waals surface area contributed by atoms with Gasteiger partial charge in [-0.15, -0.1) is 0 Å². The first-order chi connectivity index (χ1) is 9.72. The molecule has 0 spiro atoms. The van der Waals surface area contributed by atoms with Crippen LogP contribution in [-0.2, 0) is 0 Å². The fourth-order valence-corrected chi connectivity index (χ4v) is 1.63. The molecule has 0 aliphatic rings. The van der Waals surface area contributed by atoms with E-state index in [1.807, 2.05) is 19.1 Å². The van der Waals surface area contributed by atoms with Crippen molar-refractivity contribution in [1.82, 2.24) is 4.98 Å². The van der Waals surface area contributed by atoms with Gasteiger partial charge in [0.2, 0.25) is 5.88 Å². The van der Waals surface area contributed by atoms with Gasteiger partial charge in [0.15, 0.2) is 0 Å². The first-order valence-corrected chi connectivity index (χ1v) is 6.51. The number of hydrogen-bond donors (Lipinski definition) is 0. The maximum absolute atomic E-state index is 9.04. The fraction of sp³-hybridized carbons (Fsp3) is 0.250. The lowest BCUT2D eigenvalue weighted by Gasteiger charge is -2.08. The molecular formula is C16H16N2O2. The van der Waals surface area contributed by atoms with Crippen molar-refractivity contribution in [2.75, 3.05) is 6.61 Å². The van der Waals surface area contributed by atoms with E-state index in [1.54, 1.807) is 24.3 Å². The Labute approximate surface area is 118 Å². The number of nitriles is 1. The predicted molar refractivity (Wildman–Crippen MR) is 76.0 cm³/mol. The van der Waals surface area contributed by atoms with Crippen LogP contribution in [0.1, 0.15) is 24.6 Å². The van der Waals surface area contributed by atoms with E-state index in [0.717, 1.165) is 17.9 Å². The quantitative estimate of drug-likeness (QED) is 0.826. The molecular weight excluding hydrogens is 252 g/mol. The lowest BCUT2D eigenvalue weighted by atomic mass is 10.2. The van der Waals surface area contributed by atoms with Crippen LogP contribution in [0.25, 0.3) is 0 Å². The molecule has 0 atom stereocenters. The predicted octanol–water partition coefficient (Wildman–Crippen LogP) is 3.84. The van der Waals surface area contributed by atoms with Gasteiger partial charge >= 0.3 is 0 Å². The highest BCUT2D eigenvalue weighted by Crippen LogP contribution is 2.25. The lowest BCUT2D eigenvalue weighted by Crippen LogP contribution is -1.96. The SMILES string of the molecule is CCCOc1ccc(Oc2nc(C)ccc2C#N)cc1. The summed E-state index contributed by atoms with van der Waals surface area (Å²) in [5.74, 6) is 1.76. The van der Waals surface area contributed by atoms with Crippen molar-refractivity contribution in [3.8, 4) is 23.4 Å². The average molecular weight is 268 g/mol. The van der Waals surface area contributed by atoms with E-state index >= 15 is 0 Å². The van der Waals surface area contributed by atoms with Gasteiger partial charge in [-0.1, -0.05) is 6.92 Å². The summed E-state index contributed by atoms with van der Waals surface area (Å²) in [4.78, 5) is 4.24. The first-order valence-electron chi connectivity index (χ1n) is 6.51. The molecule has 0 N–H and O–H groups in total. The zero-order valence-corrected chi connectivity index (χ0v) is 11.6. The monoisotopic (exact) mass is 268 g/mol. The molecule has 4 heteroatoms. The molecule has 0 bridgehead atoms. The summed E-state index contributed by atoms with van der Waals surface area (Å²) < 4.78 is 11.2. The summed E-state index contributed by atoms with van der Waals surface area (Å²) in [7, 11) is 0. The third kappa shape index (κ3) is 3.48. The Kier molecular flexibility index (Phi) is 4.56. The van der Waals surface area contributed by atoms with Crippen LogP contribution in [0.2, 0.25) is 0 Å². The summed E-state index contributed by atoms with van der Waals surface area (Å²) in [5.41, 5.74) is 1.23. The molecule has 2 rings (SSSR count). The van der Waals surface area contributed by atoms with Gasteiger partial charge in [0, 0.05) is 5.69 Å². The van der Waals surface area contributed by atoms with Crippen molar-refractivity contribution in [3.63, 3.8) is 0 Å². The summed E-state index contributed by atoms with van der Waals surface area (Å²) >= 11 is 0. The third-order valence-corrected chi connectivity index (χ3v) is 2.63. The number of benzene rings is 1. The van der Waals surface area contributed by atoms with Gasteiger partial charge in [0.25, 0.3) is 0 Å². The Morgan fingerprint density at radius 2 is 1.80 bits per heavy atom. The third-order valence-electron chi connectivity index (χ3n) is 2.63. The summed E-state index contributed by atoms with van der Waals surface area (Å²) in [5, 5.41) is 9.04. The molecule has 0 aliphatic carbocycles. The molecule has 2 aromatic rings. The maximum atomic E-state index is 9.04. The minimum atomic E-state index is 0.328. The Hall–Kier alpha value is -2.54. The Balaban J connectivity index is 2.14. The second-order valence-corrected chi connectivity index (χ2v) is 4.34. The van der Waals surface area contributed by atoms with Crippen LogP contribution in [-0.4, -0.2) is 11.6 Å². The van der Waals surface area contributed by atoms with Crippen LogP contribution < -0.4 is 9.47 Å². The van der Waals surface area contributed by atoms with Crippen LogP contribution in [0.5, 0.6) is 17.4 Å². The molecule has 102 valence electrons. The van der Waals surface area contributed by atoms with Gasteiger partial charge < -0.3 is 9.47 Å². The molecule has 0 saturated carbocycles. The van der Waals surface area contributed by atoms with E-state index in [2.05, 4.69) is 18.0 Å². The molecule has 4 nitrogen and oxygen atoms in total. The number of aromatic nitrogens is 1. The molecule has 1 aromatic carbocycles. The minimum Gasteiger partial charge on any atom is -0.494 e. The van der Waals surface area contributed by atoms with Crippen LogP contribution in [0, 0.1) is 18.3 Å². The number of aryl methyl sites for hydroxylation is 1. The van der Waals surface area contributed by atoms with Gasteiger partial charge in [-0.25, -0.2) is 4.98 Å². The van der Waals surface area contributed by atoms with Gasteiger partial charge in [-0.3, -0.25) is 0 Å². The Morgan fingerprint density at radius 1 is 1.10 bits per heavy atom. The smallest absolute Gasteiger partial charge is 0.237 e. The van der Waals surface area contributed by atoms with Crippen molar-refractivity contribution in [2.24, 2.45) is 0 Å². The van der Waals surface area contributed by atoms with Crippen LogP contribution in [0.4, 0.5) is 0 Å². The van der Waals surface area contributed by atoms with Gasteiger partial charge in [0.1, 0.15) is 23.1 Å². The van der Waals surface area contributed by atoms with Crippen LogP contribution in [0.3, 0.4) is 0 Å². The average Bonchev–Trinajstić information content (AvgIpc) is 2.47. The van der Waals surface area contributed by atoms with Crippen molar-refractivity contribution < 1.29 is 9.47 Å². The molecule has 0 aliphatic heterocycles. The highest BCUT2D eigenvalue weighted by Gasteiger charge is 2.07. The van der Waals surface area contributed by atoms with E-state index in [9.17, 15) is 0 Å².